The molecule has 15 heavy (non-hydrogen) atoms. The summed E-state index contributed by atoms with van der Waals surface area (Å²) in [5.41, 5.74) is 1.39. The molecule has 0 aliphatic heterocycles. The standard InChI is InChI=1S/C12H14OS2/c1-9(8-14-2)12(13)10-4-6-11(15-3)7-5-10/h4-7H,1,8H2,2-3H3. The first kappa shape index (κ1) is 12.4. The molecule has 0 radical (unpaired) electrons. The molecule has 1 aromatic rings. The third kappa shape index (κ3) is 3.43. The van der Waals surface area contributed by atoms with Crippen LogP contribution in [-0.2, 0) is 0 Å². The Labute approximate surface area is 99.3 Å². The number of thioether (sulfide) groups is 2. The number of rotatable bonds is 5. The molecule has 1 aromatic carbocycles. The van der Waals surface area contributed by atoms with E-state index in [1.54, 1.807) is 23.5 Å². The lowest BCUT2D eigenvalue weighted by Crippen LogP contribution is -2.04. The number of Topliss-reactive ketones (excluding diaryl/α,β-unsaturated/α-hetero) is 1. The van der Waals surface area contributed by atoms with Crippen molar-refractivity contribution in [2.24, 2.45) is 0 Å². The lowest BCUT2D eigenvalue weighted by atomic mass is 10.1. The molecule has 0 unspecified atom stereocenters. The van der Waals surface area contributed by atoms with Crippen molar-refractivity contribution < 1.29 is 4.79 Å². The molecule has 80 valence electrons. The van der Waals surface area contributed by atoms with Gasteiger partial charge in [0.2, 0.25) is 0 Å². The molecule has 0 bridgehead atoms. The van der Waals surface area contributed by atoms with Crippen LogP contribution in [0.5, 0.6) is 0 Å². The number of carbonyl (C=O) groups excluding carboxylic acids is 1. The van der Waals surface area contributed by atoms with Crippen molar-refractivity contribution in [1.29, 1.82) is 0 Å². The number of benzene rings is 1. The topological polar surface area (TPSA) is 17.1 Å². The number of hydrogen-bond acceptors (Lipinski definition) is 3. The van der Waals surface area contributed by atoms with Gasteiger partial charge < -0.3 is 0 Å². The summed E-state index contributed by atoms with van der Waals surface area (Å²) >= 11 is 3.29. The maximum Gasteiger partial charge on any atom is 0.189 e. The molecule has 0 aromatic heterocycles. The van der Waals surface area contributed by atoms with Crippen LogP contribution < -0.4 is 0 Å². The molecule has 0 heterocycles. The quantitative estimate of drug-likeness (QED) is 0.444. The Morgan fingerprint density at radius 3 is 2.33 bits per heavy atom. The van der Waals surface area contributed by atoms with Gasteiger partial charge in [0.1, 0.15) is 0 Å². The van der Waals surface area contributed by atoms with Gasteiger partial charge in [0.05, 0.1) is 0 Å². The normalized spacial score (nSPS) is 10.0. The van der Waals surface area contributed by atoms with E-state index in [9.17, 15) is 4.79 Å². The zero-order valence-corrected chi connectivity index (χ0v) is 10.6. The van der Waals surface area contributed by atoms with Crippen LogP contribution in [0.15, 0.2) is 41.3 Å². The third-order valence-corrected chi connectivity index (χ3v) is 3.37. The van der Waals surface area contributed by atoms with Crippen molar-refractivity contribution in [3.8, 4) is 0 Å². The maximum atomic E-state index is 11.8. The van der Waals surface area contributed by atoms with E-state index >= 15 is 0 Å². The summed E-state index contributed by atoms with van der Waals surface area (Å²) in [5.74, 6) is 0.750. The lowest BCUT2D eigenvalue weighted by Gasteiger charge is -2.03. The van der Waals surface area contributed by atoms with Crippen LogP contribution in [0.3, 0.4) is 0 Å². The van der Waals surface area contributed by atoms with Crippen molar-refractivity contribution in [3.05, 3.63) is 42.0 Å². The average Bonchev–Trinajstić information content (AvgIpc) is 2.28. The molecule has 1 rings (SSSR count). The van der Waals surface area contributed by atoms with E-state index in [0.29, 0.717) is 11.3 Å². The van der Waals surface area contributed by atoms with Gasteiger partial charge >= 0.3 is 0 Å². The van der Waals surface area contributed by atoms with E-state index in [0.717, 1.165) is 5.56 Å². The van der Waals surface area contributed by atoms with E-state index in [-0.39, 0.29) is 5.78 Å². The van der Waals surface area contributed by atoms with Gasteiger partial charge in [-0.25, -0.2) is 0 Å². The molecular formula is C12H14OS2. The first-order chi connectivity index (χ1) is 7.19. The highest BCUT2D eigenvalue weighted by atomic mass is 32.2. The highest BCUT2D eigenvalue weighted by molar-refractivity contribution is 7.98. The molecule has 0 spiro atoms. The number of ketones is 1. The fourth-order valence-corrected chi connectivity index (χ4v) is 2.07. The van der Waals surface area contributed by atoms with Crippen LogP contribution in [0, 0.1) is 0 Å². The fourth-order valence-electron chi connectivity index (χ4n) is 1.19. The van der Waals surface area contributed by atoms with Gasteiger partial charge in [-0.05, 0) is 36.8 Å². The van der Waals surface area contributed by atoms with Crippen LogP contribution in [0.1, 0.15) is 10.4 Å². The van der Waals surface area contributed by atoms with Gasteiger partial charge in [-0.3, -0.25) is 4.79 Å². The number of hydrogen-bond donors (Lipinski definition) is 0. The van der Waals surface area contributed by atoms with Crippen LogP contribution >= 0.6 is 23.5 Å². The van der Waals surface area contributed by atoms with Gasteiger partial charge in [-0.15, -0.1) is 11.8 Å². The van der Waals surface area contributed by atoms with E-state index in [1.807, 2.05) is 36.8 Å². The first-order valence-electron chi connectivity index (χ1n) is 4.54. The lowest BCUT2D eigenvalue weighted by molar-refractivity contribution is 0.103. The second-order valence-electron chi connectivity index (χ2n) is 3.09. The Balaban J connectivity index is 2.78. The van der Waals surface area contributed by atoms with Gasteiger partial charge in [0.15, 0.2) is 5.78 Å². The molecule has 0 N–H and O–H groups in total. The summed E-state index contributed by atoms with van der Waals surface area (Å²) in [6, 6.07) is 7.65. The molecule has 0 aliphatic rings. The van der Waals surface area contributed by atoms with Crippen LogP contribution in [0.25, 0.3) is 0 Å². The number of carbonyl (C=O) groups is 1. The molecule has 0 saturated carbocycles. The van der Waals surface area contributed by atoms with Crippen molar-refractivity contribution in [2.75, 3.05) is 18.3 Å². The third-order valence-electron chi connectivity index (χ3n) is 1.99. The van der Waals surface area contributed by atoms with Crippen LogP contribution in [0.4, 0.5) is 0 Å². The molecule has 0 saturated heterocycles. The molecule has 0 aliphatic carbocycles. The smallest absolute Gasteiger partial charge is 0.189 e. The maximum absolute atomic E-state index is 11.8. The van der Waals surface area contributed by atoms with Crippen molar-refractivity contribution in [1.82, 2.24) is 0 Å². The summed E-state index contributed by atoms with van der Waals surface area (Å²) in [6.45, 7) is 3.79. The minimum absolute atomic E-state index is 0.0528. The van der Waals surface area contributed by atoms with E-state index in [2.05, 4.69) is 6.58 Å². The zero-order valence-electron chi connectivity index (χ0n) is 8.95. The first-order valence-corrected chi connectivity index (χ1v) is 7.16. The van der Waals surface area contributed by atoms with Crippen LogP contribution in [-0.4, -0.2) is 24.0 Å². The predicted octanol–water partition coefficient (Wildman–Crippen LogP) is 3.51. The molecule has 0 atom stereocenters. The molecule has 3 heteroatoms. The minimum Gasteiger partial charge on any atom is -0.289 e. The second-order valence-corrected chi connectivity index (χ2v) is 4.84. The summed E-state index contributed by atoms with van der Waals surface area (Å²) in [7, 11) is 0. The molecule has 0 amide bonds. The SMILES string of the molecule is C=C(CSC)C(=O)c1ccc(SC)cc1. The van der Waals surface area contributed by atoms with Crippen molar-refractivity contribution in [2.45, 2.75) is 4.90 Å². The van der Waals surface area contributed by atoms with Gasteiger partial charge in [0, 0.05) is 21.8 Å². The Morgan fingerprint density at radius 2 is 1.87 bits per heavy atom. The summed E-state index contributed by atoms with van der Waals surface area (Å²) in [4.78, 5) is 13.0. The summed E-state index contributed by atoms with van der Waals surface area (Å²) in [6.07, 6.45) is 3.98. The largest absolute Gasteiger partial charge is 0.289 e. The monoisotopic (exact) mass is 238 g/mol. The Kier molecular flexibility index (Phi) is 4.99. The van der Waals surface area contributed by atoms with Crippen molar-refractivity contribution in [3.63, 3.8) is 0 Å². The summed E-state index contributed by atoms with van der Waals surface area (Å²) < 4.78 is 0. The molecular weight excluding hydrogens is 224 g/mol. The Morgan fingerprint density at radius 1 is 1.27 bits per heavy atom. The Hall–Kier alpha value is -0.670. The van der Waals surface area contributed by atoms with E-state index in [1.165, 1.54) is 4.90 Å². The van der Waals surface area contributed by atoms with Gasteiger partial charge in [-0.2, -0.15) is 11.8 Å². The second kappa shape index (κ2) is 6.03. The minimum atomic E-state index is 0.0528. The molecule has 1 nitrogen and oxygen atoms in total. The summed E-state index contributed by atoms with van der Waals surface area (Å²) in [5, 5.41) is 0. The van der Waals surface area contributed by atoms with E-state index in [4.69, 9.17) is 0 Å². The van der Waals surface area contributed by atoms with Crippen molar-refractivity contribution >= 4 is 29.3 Å². The van der Waals surface area contributed by atoms with Gasteiger partial charge in [-0.1, -0.05) is 6.58 Å². The highest BCUT2D eigenvalue weighted by Crippen LogP contribution is 2.17. The molecule has 0 fully saturated rings. The zero-order chi connectivity index (χ0) is 11.3. The fraction of sp³-hybridized carbons (Fsp3) is 0.250. The average molecular weight is 238 g/mol. The predicted molar refractivity (Wildman–Crippen MR) is 70.1 cm³/mol. The highest BCUT2D eigenvalue weighted by Gasteiger charge is 2.08. The van der Waals surface area contributed by atoms with Crippen LogP contribution in [0.2, 0.25) is 0 Å². The Bertz CT molecular complexity index is 354. The van der Waals surface area contributed by atoms with E-state index < -0.39 is 0 Å². The van der Waals surface area contributed by atoms with Gasteiger partial charge in [0.25, 0.3) is 0 Å².